The van der Waals surface area contributed by atoms with Crippen LogP contribution in [-0.4, -0.2) is 53.5 Å². The van der Waals surface area contributed by atoms with Gasteiger partial charge in [-0.2, -0.15) is 0 Å². The van der Waals surface area contributed by atoms with Gasteiger partial charge in [0, 0.05) is 25.3 Å². The predicted molar refractivity (Wildman–Crippen MR) is 120 cm³/mol. The SMILES string of the molecule is C[N+]1(CCCc2ccon2)CCCC1C(OC=O)C1(O)c2ccccc2-c2ccccc21. The van der Waals surface area contributed by atoms with Crippen molar-refractivity contribution in [1.82, 2.24) is 5.16 Å². The fourth-order valence-corrected chi connectivity index (χ4v) is 5.96. The van der Waals surface area contributed by atoms with Crippen molar-refractivity contribution in [3.8, 4) is 11.1 Å². The van der Waals surface area contributed by atoms with Gasteiger partial charge in [0.15, 0.2) is 11.7 Å². The minimum absolute atomic E-state index is 0.0123. The number of rotatable bonds is 8. The minimum Gasteiger partial charge on any atom is -0.454 e. The Morgan fingerprint density at radius 2 is 1.88 bits per heavy atom. The molecule has 0 bridgehead atoms. The highest BCUT2D eigenvalue weighted by molar-refractivity contribution is 5.80. The van der Waals surface area contributed by atoms with Crippen LogP contribution in [-0.2, 0) is 21.6 Å². The Balaban J connectivity index is 1.51. The molecule has 1 fully saturated rings. The zero-order chi connectivity index (χ0) is 22.2. The molecule has 2 aromatic carbocycles. The van der Waals surface area contributed by atoms with Crippen LogP contribution in [0.5, 0.6) is 0 Å². The number of carbonyl (C=O) groups is 1. The van der Waals surface area contributed by atoms with Crippen molar-refractivity contribution < 1.29 is 23.6 Å². The second-order valence-corrected chi connectivity index (χ2v) is 9.24. The molecule has 2 heterocycles. The van der Waals surface area contributed by atoms with E-state index >= 15 is 0 Å². The normalized spacial score (nSPS) is 24.0. The smallest absolute Gasteiger partial charge is 0.293 e. The zero-order valence-corrected chi connectivity index (χ0v) is 18.3. The zero-order valence-electron chi connectivity index (χ0n) is 18.3. The number of nitrogens with zero attached hydrogens (tertiary/aromatic N) is 2. The van der Waals surface area contributed by atoms with Gasteiger partial charge < -0.3 is 18.8 Å². The number of benzene rings is 2. The van der Waals surface area contributed by atoms with E-state index in [9.17, 15) is 9.90 Å². The van der Waals surface area contributed by atoms with E-state index in [0.29, 0.717) is 6.47 Å². The Morgan fingerprint density at radius 1 is 1.19 bits per heavy atom. The fourth-order valence-electron chi connectivity index (χ4n) is 5.96. The van der Waals surface area contributed by atoms with E-state index in [1.807, 2.05) is 54.6 Å². The van der Waals surface area contributed by atoms with Gasteiger partial charge in [0.05, 0.1) is 25.8 Å². The van der Waals surface area contributed by atoms with Gasteiger partial charge in [-0.05, 0) is 28.7 Å². The van der Waals surface area contributed by atoms with Crippen LogP contribution in [0.4, 0.5) is 0 Å². The van der Waals surface area contributed by atoms with E-state index in [4.69, 9.17) is 9.26 Å². The third-order valence-electron chi connectivity index (χ3n) is 7.49. The maximum atomic E-state index is 12.3. The molecule has 3 atom stereocenters. The minimum atomic E-state index is -1.38. The van der Waals surface area contributed by atoms with Crippen molar-refractivity contribution in [1.29, 1.82) is 0 Å². The predicted octanol–water partition coefficient (Wildman–Crippen LogP) is 3.67. The summed E-state index contributed by atoms with van der Waals surface area (Å²) in [5, 5.41) is 16.4. The standard InChI is InChI=1S/C26H29N2O4/c1-28(15-6-8-19-14-17-32-27-19)16-7-13-24(28)25(31-18-29)26(30)22-11-4-2-9-20(22)21-10-3-5-12-23(21)26/h2-5,9-12,14,17-18,24-25,30H,6-8,13,15-16H2,1H3/q+1. The third kappa shape index (κ3) is 3.26. The van der Waals surface area contributed by atoms with Gasteiger partial charge in [-0.1, -0.05) is 53.7 Å². The molecule has 0 spiro atoms. The summed E-state index contributed by atoms with van der Waals surface area (Å²) in [5.41, 5.74) is 3.20. The van der Waals surface area contributed by atoms with Gasteiger partial charge in [0.2, 0.25) is 0 Å². The van der Waals surface area contributed by atoms with Crippen LogP contribution >= 0.6 is 0 Å². The number of fused-ring (bicyclic) bond motifs is 3. The summed E-state index contributed by atoms with van der Waals surface area (Å²) in [7, 11) is 2.22. The lowest BCUT2D eigenvalue weighted by Gasteiger charge is -2.44. The number of ether oxygens (including phenoxy) is 1. The third-order valence-corrected chi connectivity index (χ3v) is 7.49. The van der Waals surface area contributed by atoms with Crippen LogP contribution in [0.15, 0.2) is 65.4 Å². The maximum Gasteiger partial charge on any atom is 0.293 e. The highest BCUT2D eigenvalue weighted by atomic mass is 16.5. The molecule has 6 heteroatoms. The Bertz CT molecular complexity index is 1050. The molecule has 3 aromatic rings. The van der Waals surface area contributed by atoms with Crippen molar-refractivity contribution in [2.75, 3.05) is 20.1 Å². The number of likely N-dealkylation sites (N-methyl/N-ethyl adjacent to an activating group) is 1. The summed E-state index contributed by atoms with van der Waals surface area (Å²) in [4.78, 5) is 11.7. The summed E-state index contributed by atoms with van der Waals surface area (Å²) in [6.45, 7) is 2.40. The number of hydrogen-bond donors (Lipinski definition) is 1. The van der Waals surface area contributed by atoms with E-state index in [2.05, 4.69) is 12.2 Å². The average molecular weight is 434 g/mol. The van der Waals surface area contributed by atoms with Crippen molar-refractivity contribution in [2.24, 2.45) is 0 Å². The Labute approximate surface area is 188 Å². The number of hydrogen-bond acceptors (Lipinski definition) is 5. The first-order chi connectivity index (χ1) is 15.6. The van der Waals surface area contributed by atoms with Crippen LogP contribution in [0.1, 0.15) is 36.1 Å². The molecular formula is C26H29N2O4+. The number of aryl methyl sites for hydroxylation is 1. The topological polar surface area (TPSA) is 72.6 Å². The van der Waals surface area contributed by atoms with Gasteiger partial charge >= 0.3 is 0 Å². The number of aromatic nitrogens is 1. The first-order valence-corrected chi connectivity index (χ1v) is 11.3. The number of quaternary nitrogens is 1. The lowest BCUT2D eigenvalue weighted by molar-refractivity contribution is -0.925. The molecule has 166 valence electrons. The maximum absolute atomic E-state index is 12.3. The van der Waals surface area contributed by atoms with Crippen molar-refractivity contribution >= 4 is 6.47 Å². The molecule has 6 nitrogen and oxygen atoms in total. The largest absolute Gasteiger partial charge is 0.454 e. The Hall–Kier alpha value is -2.96. The van der Waals surface area contributed by atoms with E-state index < -0.39 is 11.7 Å². The van der Waals surface area contributed by atoms with E-state index in [1.165, 1.54) is 0 Å². The highest BCUT2D eigenvalue weighted by Gasteiger charge is 2.57. The molecule has 1 N–H and O–H groups in total. The molecule has 3 unspecified atom stereocenters. The van der Waals surface area contributed by atoms with Crippen LogP contribution in [0.25, 0.3) is 11.1 Å². The molecular weight excluding hydrogens is 404 g/mol. The summed E-state index contributed by atoms with van der Waals surface area (Å²) in [5.74, 6) is 0. The Morgan fingerprint density at radius 3 is 2.50 bits per heavy atom. The summed E-state index contributed by atoms with van der Waals surface area (Å²) >= 11 is 0. The molecule has 1 aliphatic carbocycles. The molecule has 0 amide bonds. The molecule has 1 aliphatic heterocycles. The van der Waals surface area contributed by atoms with Gasteiger partial charge in [0.1, 0.15) is 12.3 Å². The summed E-state index contributed by atoms with van der Waals surface area (Å²) < 4.78 is 11.5. The van der Waals surface area contributed by atoms with Crippen molar-refractivity contribution in [2.45, 2.75) is 43.4 Å². The second-order valence-electron chi connectivity index (χ2n) is 9.24. The van der Waals surface area contributed by atoms with E-state index in [1.54, 1.807) is 6.26 Å². The van der Waals surface area contributed by atoms with Gasteiger partial charge in [-0.25, -0.2) is 0 Å². The number of carbonyl (C=O) groups excluding carboxylic acids is 1. The Kier molecular flexibility index (Phi) is 5.35. The average Bonchev–Trinajstić information content (AvgIpc) is 3.52. The van der Waals surface area contributed by atoms with Crippen LogP contribution in [0.2, 0.25) is 0 Å². The lowest BCUT2D eigenvalue weighted by atomic mass is 9.81. The van der Waals surface area contributed by atoms with Crippen LogP contribution in [0, 0.1) is 0 Å². The number of likely N-dealkylation sites (tertiary alicyclic amines) is 1. The van der Waals surface area contributed by atoms with E-state index in [-0.39, 0.29) is 6.04 Å². The van der Waals surface area contributed by atoms with E-state index in [0.717, 1.165) is 71.2 Å². The first kappa shape index (κ1) is 20.9. The molecule has 2 aliphatic rings. The summed E-state index contributed by atoms with van der Waals surface area (Å²) in [6.07, 6.45) is 4.63. The summed E-state index contributed by atoms with van der Waals surface area (Å²) in [6, 6.07) is 17.7. The van der Waals surface area contributed by atoms with Crippen molar-refractivity contribution in [3.05, 3.63) is 77.7 Å². The second kappa shape index (κ2) is 8.19. The van der Waals surface area contributed by atoms with Crippen LogP contribution < -0.4 is 0 Å². The molecule has 0 radical (unpaired) electrons. The molecule has 1 saturated heterocycles. The molecule has 1 aromatic heterocycles. The monoisotopic (exact) mass is 433 g/mol. The van der Waals surface area contributed by atoms with Gasteiger partial charge in [0.25, 0.3) is 6.47 Å². The van der Waals surface area contributed by atoms with Crippen LogP contribution in [0.3, 0.4) is 0 Å². The molecule has 5 rings (SSSR count). The number of aliphatic hydroxyl groups is 1. The van der Waals surface area contributed by atoms with Gasteiger partial charge in [-0.3, -0.25) is 4.79 Å². The fraction of sp³-hybridized carbons (Fsp3) is 0.385. The first-order valence-electron chi connectivity index (χ1n) is 11.3. The molecule has 32 heavy (non-hydrogen) atoms. The molecule has 0 saturated carbocycles. The van der Waals surface area contributed by atoms with Crippen molar-refractivity contribution in [3.63, 3.8) is 0 Å². The highest BCUT2D eigenvalue weighted by Crippen LogP contribution is 2.52. The quantitative estimate of drug-likeness (QED) is 0.433. The van der Waals surface area contributed by atoms with Gasteiger partial charge in [-0.15, -0.1) is 0 Å². The lowest BCUT2D eigenvalue weighted by Crippen LogP contribution is -2.60.